The molecule has 1 atom stereocenters. The van der Waals surface area contributed by atoms with Gasteiger partial charge in [0.2, 0.25) is 5.91 Å². The maximum absolute atomic E-state index is 12.9. The van der Waals surface area contributed by atoms with Crippen LogP contribution in [0, 0.1) is 31.5 Å². The summed E-state index contributed by atoms with van der Waals surface area (Å²) >= 11 is 0. The van der Waals surface area contributed by atoms with E-state index in [0.29, 0.717) is 6.42 Å². The van der Waals surface area contributed by atoms with Crippen molar-refractivity contribution in [3.05, 3.63) is 109 Å². The van der Waals surface area contributed by atoms with Gasteiger partial charge in [0.15, 0.2) is 0 Å². The van der Waals surface area contributed by atoms with Crippen molar-refractivity contribution < 1.29 is 26.3 Å². The Bertz CT molecular complexity index is 696. The molecule has 0 spiro atoms. The summed E-state index contributed by atoms with van der Waals surface area (Å²) in [4.78, 5) is 11.8. The van der Waals surface area contributed by atoms with Crippen LogP contribution in [0.2, 0.25) is 0 Å². The van der Waals surface area contributed by atoms with Gasteiger partial charge in [-0.1, -0.05) is 35.8 Å². The summed E-state index contributed by atoms with van der Waals surface area (Å²) in [5.41, 5.74) is 2.79. The van der Waals surface area contributed by atoms with Crippen LogP contribution in [0.25, 0.3) is 0 Å². The third-order valence-electron chi connectivity index (χ3n) is 3.87. The molecule has 1 saturated heterocycles. The van der Waals surface area contributed by atoms with Gasteiger partial charge in [0.1, 0.15) is 5.82 Å². The molecule has 1 aromatic carbocycles. The summed E-state index contributed by atoms with van der Waals surface area (Å²) in [6.07, 6.45) is 20.2. The minimum atomic E-state index is -0.260. The predicted octanol–water partition coefficient (Wildman–Crippen LogP) is 4.18. The second-order valence-electron chi connectivity index (χ2n) is 5.63. The summed E-state index contributed by atoms with van der Waals surface area (Å²) in [5.74, 6) is -0.267. The van der Waals surface area contributed by atoms with Crippen LogP contribution in [-0.4, -0.2) is 5.91 Å². The molecule has 1 fully saturated rings. The number of carbonyl (C=O) groups excluding carboxylic acids is 1. The van der Waals surface area contributed by atoms with Crippen molar-refractivity contribution >= 4 is 5.91 Å². The molecule has 4 rings (SSSR count). The third kappa shape index (κ3) is 5.42. The number of carbonyl (C=O) groups is 1. The molecular formula is C21H18FFeNO. The van der Waals surface area contributed by atoms with E-state index in [1.807, 2.05) is 62.1 Å². The van der Waals surface area contributed by atoms with E-state index in [1.54, 1.807) is 12.1 Å². The van der Waals surface area contributed by atoms with Crippen molar-refractivity contribution in [2.24, 2.45) is 0 Å². The molecule has 3 aliphatic rings. The minimum absolute atomic E-state index is 0. The molecule has 1 heterocycles. The van der Waals surface area contributed by atoms with E-state index in [0.717, 1.165) is 16.8 Å². The first kappa shape index (κ1) is 19.2. The monoisotopic (exact) mass is 375 g/mol. The molecule has 0 aromatic heterocycles. The first-order chi connectivity index (χ1) is 11.7. The number of allylic oxidation sites excluding steroid dienone is 8. The zero-order valence-electron chi connectivity index (χ0n) is 13.5. The van der Waals surface area contributed by atoms with Gasteiger partial charge in [0, 0.05) is 6.42 Å². The Labute approximate surface area is 159 Å². The number of hydrogen-bond donors (Lipinski definition) is 1. The SMILES string of the molecule is O=C1CC(c2ccc(F)cc2)[CH-]C(=C2C=CC=C2)N1.[CH]1[CH][CH-]C=C1.[Fe+2]. The molecule has 1 unspecified atom stereocenters. The summed E-state index contributed by atoms with van der Waals surface area (Å²) < 4.78 is 12.9. The van der Waals surface area contributed by atoms with Gasteiger partial charge < -0.3 is 5.32 Å². The fourth-order valence-corrected chi connectivity index (χ4v) is 2.67. The average molecular weight is 375 g/mol. The van der Waals surface area contributed by atoms with Crippen LogP contribution in [0.1, 0.15) is 17.9 Å². The Kier molecular flexibility index (Phi) is 7.17. The van der Waals surface area contributed by atoms with Gasteiger partial charge in [-0.3, -0.25) is 4.79 Å². The minimum Gasteiger partial charge on any atom is -0.360 e. The van der Waals surface area contributed by atoms with E-state index < -0.39 is 0 Å². The summed E-state index contributed by atoms with van der Waals surface area (Å²) in [7, 11) is 0. The average Bonchev–Trinajstić information content (AvgIpc) is 3.31. The standard InChI is InChI=1S/C16H13FNO.C5H5.Fe/c17-14-7-5-11(6-8-14)13-9-15(18-16(19)10-13)12-3-1-2-4-12;1-2-4-5-3-1;/h1-9,13H,10H2,(H,18,19);1-5H;/q2*-1;+2. The molecule has 25 heavy (non-hydrogen) atoms. The van der Waals surface area contributed by atoms with E-state index in [-0.39, 0.29) is 34.7 Å². The Morgan fingerprint density at radius 3 is 2.36 bits per heavy atom. The van der Waals surface area contributed by atoms with Gasteiger partial charge >= 0.3 is 17.1 Å². The van der Waals surface area contributed by atoms with E-state index in [9.17, 15) is 9.18 Å². The van der Waals surface area contributed by atoms with E-state index in [2.05, 4.69) is 5.32 Å². The van der Waals surface area contributed by atoms with Crippen LogP contribution in [0.5, 0.6) is 0 Å². The quantitative estimate of drug-likeness (QED) is 0.579. The largest absolute Gasteiger partial charge is 2.00 e. The van der Waals surface area contributed by atoms with Gasteiger partial charge in [-0.05, 0) is 12.1 Å². The third-order valence-corrected chi connectivity index (χ3v) is 3.87. The zero-order chi connectivity index (χ0) is 16.8. The number of amides is 1. The maximum atomic E-state index is 12.9. The molecule has 0 bridgehead atoms. The number of piperidine rings is 1. The number of benzene rings is 1. The summed E-state index contributed by atoms with van der Waals surface area (Å²) in [5, 5.41) is 2.88. The van der Waals surface area contributed by atoms with Crippen LogP contribution in [0.15, 0.2) is 72.0 Å². The van der Waals surface area contributed by atoms with Gasteiger partial charge in [-0.2, -0.15) is 12.0 Å². The number of nitrogens with one attached hydrogen (secondary N) is 1. The van der Waals surface area contributed by atoms with Crippen molar-refractivity contribution in [3.63, 3.8) is 0 Å². The fourth-order valence-electron chi connectivity index (χ4n) is 2.67. The topological polar surface area (TPSA) is 29.1 Å². The first-order valence-electron chi connectivity index (χ1n) is 7.88. The van der Waals surface area contributed by atoms with Crippen molar-refractivity contribution in [1.29, 1.82) is 0 Å². The fraction of sp³-hybridized carbons (Fsp3) is 0.0952. The van der Waals surface area contributed by atoms with Gasteiger partial charge in [0.05, 0.1) is 0 Å². The van der Waals surface area contributed by atoms with Gasteiger partial charge in [-0.15, -0.1) is 30.7 Å². The molecule has 0 saturated carbocycles. The summed E-state index contributed by atoms with van der Waals surface area (Å²) in [6, 6.07) is 6.32. The van der Waals surface area contributed by atoms with Crippen molar-refractivity contribution in [1.82, 2.24) is 5.32 Å². The molecule has 2 radical (unpaired) electrons. The van der Waals surface area contributed by atoms with E-state index in [1.165, 1.54) is 12.1 Å². The van der Waals surface area contributed by atoms with Gasteiger partial charge in [0.25, 0.3) is 0 Å². The molecule has 2 nitrogen and oxygen atoms in total. The van der Waals surface area contributed by atoms with E-state index >= 15 is 0 Å². The zero-order valence-corrected chi connectivity index (χ0v) is 14.6. The number of hydrogen-bond acceptors (Lipinski definition) is 1. The smallest absolute Gasteiger partial charge is 0.360 e. The predicted molar refractivity (Wildman–Crippen MR) is 93.5 cm³/mol. The van der Waals surface area contributed by atoms with Crippen LogP contribution in [0.4, 0.5) is 4.39 Å². The molecular weight excluding hydrogens is 357 g/mol. The molecule has 1 aromatic rings. The normalized spacial score (nSPS) is 20.2. The Balaban J connectivity index is 0.000000325. The number of halogens is 1. The van der Waals surface area contributed by atoms with Crippen LogP contribution >= 0.6 is 0 Å². The second-order valence-corrected chi connectivity index (χ2v) is 5.63. The molecule has 128 valence electrons. The second kappa shape index (κ2) is 9.36. The van der Waals surface area contributed by atoms with Crippen LogP contribution < -0.4 is 5.32 Å². The van der Waals surface area contributed by atoms with Crippen LogP contribution in [0.3, 0.4) is 0 Å². The van der Waals surface area contributed by atoms with Crippen LogP contribution in [-0.2, 0) is 21.9 Å². The maximum Gasteiger partial charge on any atom is 2.00 e. The van der Waals surface area contributed by atoms with Crippen molar-refractivity contribution in [2.75, 3.05) is 0 Å². The summed E-state index contributed by atoms with van der Waals surface area (Å²) in [6.45, 7) is 0. The first-order valence-corrected chi connectivity index (χ1v) is 7.88. The van der Waals surface area contributed by atoms with Crippen molar-refractivity contribution in [3.8, 4) is 0 Å². The molecule has 1 N–H and O–H groups in total. The Hall–Kier alpha value is -2.16. The Morgan fingerprint density at radius 2 is 1.80 bits per heavy atom. The van der Waals surface area contributed by atoms with Crippen molar-refractivity contribution in [2.45, 2.75) is 12.3 Å². The Morgan fingerprint density at radius 1 is 1.08 bits per heavy atom. The molecule has 2 aliphatic carbocycles. The van der Waals surface area contributed by atoms with E-state index in [4.69, 9.17) is 0 Å². The number of rotatable bonds is 1. The molecule has 4 heteroatoms. The van der Waals surface area contributed by atoms with Gasteiger partial charge in [-0.25, -0.2) is 23.0 Å². The molecule has 1 amide bonds. The molecule has 1 aliphatic heterocycles.